The van der Waals surface area contributed by atoms with E-state index in [4.69, 9.17) is 19.2 Å². The first-order valence-electron chi connectivity index (χ1n) is 23.0. The number of carboxylic acid groups (broad SMARTS) is 1. The quantitative estimate of drug-likeness (QED) is 0.120. The van der Waals surface area contributed by atoms with E-state index in [1.165, 1.54) is 20.2 Å². The molecule has 1 saturated heterocycles. The predicted octanol–water partition coefficient (Wildman–Crippen LogP) is 7.46. The first-order chi connectivity index (χ1) is 31.4. The third-order valence-corrected chi connectivity index (χ3v) is 16.2. The van der Waals surface area contributed by atoms with Crippen molar-refractivity contribution in [3.63, 3.8) is 0 Å². The van der Waals surface area contributed by atoms with Gasteiger partial charge in [0, 0.05) is 23.8 Å². The molecular formula is C48H62F2N6O10S. The molecule has 3 N–H and O–H groups in total. The van der Waals surface area contributed by atoms with Gasteiger partial charge in [-0.2, -0.15) is 8.78 Å². The van der Waals surface area contributed by atoms with Crippen LogP contribution < -0.4 is 24.2 Å². The van der Waals surface area contributed by atoms with Crippen LogP contribution >= 0.6 is 0 Å². The van der Waals surface area contributed by atoms with Crippen molar-refractivity contribution < 1.29 is 55.7 Å². The maximum absolute atomic E-state index is 18.1. The average Bonchev–Trinajstić information content (AvgIpc) is 4.17. The van der Waals surface area contributed by atoms with Crippen molar-refractivity contribution in [3.8, 4) is 28.8 Å². The number of nitrogens with zero attached hydrogens (tertiary/aromatic N) is 4. The number of carbonyl (C=O) groups is 4. The molecular weight excluding hydrogens is 891 g/mol. The Bertz CT molecular complexity index is 2560. The zero-order chi connectivity index (χ0) is 49.0. The lowest BCUT2D eigenvalue weighted by Gasteiger charge is -2.42. The van der Waals surface area contributed by atoms with Crippen molar-refractivity contribution >= 4 is 44.6 Å². The van der Waals surface area contributed by atoms with E-state index in [0.29, 0.717) is 48.3 Å². The highest BCUT2D eigenvalue weighted by Crippen LogP contribution is 2.52. The minimum absolute atomic E-state index is 0.0427. The number of pyridine rings is 2. The van der Waals surface area contributed by atoms with Crippen molar-refractivity contribution in [1.29, 1.82) is 0 Å². The van der Waals surface area contributed by atoms with Gasteiger partial charge in [0.2, 0.25) is 21.8 Å². The molecule has 1 unspecified atom stereocenters. The van der Waals surface area contributed by atoms with Crippen molar-refractivity contribution in [2.45, 2.75) is 153 Å². The third-order valence-electron chi connectivity index (χ3n) is 14.0. The monoisotopic (exact) mass is 952 g/mol. The van der Waals surface area contributed by atoms with Crippen LogP contribution in [0.15, 0.2) is 54.7 Å². The van der Waals surface area contributed by atoms with Crippen LogP contribution in [0.4, 0.5) is 13.6 Å². The van der Waals surface area contributed by atoms with Gasteiger partial charge in [-0.25, -0.2) is 18.2 Å². The number of sulfonamides is 1. The van der Waals surface area contributed by atoms with Crippen molar-refractivity contribution in [2.24, 2.45) is 17.8 Å². The lowest BCUT2D eigenvalue weighted by atomic mass is 9.86. The number of ether oxygens (including phenoxy) is 3. The largest absolute Gasteiger partial charge is 0.497 e. The van der Waals surface area contributed by atoms with Crippen molar-refractivity contribution in [1.82, 2.24) is 29.8 Å². The van der Waals surface area contributed by atoms with E-state index in [2.05, 4.69) is 15.0 Å². The predicted molar refractivity (Wildman–Crippen MR) is 245 cm³/mol. The second kappa shape index (κ2) is 18.1. The fourth-order valence-corrected chi connectivity index (χ4v) is 10.7. The first-order valence-corrected chi connectivity index (χ1v) is 24.5. The topological polar surface area (TPSA) is 207 Å². The Balaban J connectivity index is 1.36. The zero-order valence-corrected chi connectivity index (χ0v) is 40.3. The number of benzene rings is 1. The number of nitrogens with one attached hydrogen (secondary N) is 2. The highest BCUT2D eigenvalue weighted by molar-refractivity contribution is 7.91. The molecule has 7 rings (SSSR count). The van der Waals surface area contributed by atoms with E-state index in [9.17, 15) is 27.9 Å². The standard InChI is InChI=1S/C48H62F2N6O10S/c1-10-30(6)55(44(60)61)39-29(5)21-28(4)13-11-12-14-32-24-47(32,43(59)54-67(62,63)45(7)19-20-45)53-40(57)38-25-46(8,48(49,50)56(38)42(39)58)66-41-35-17-15-33(64-9)22-31(35)23-37(52-41)36-18-16-34(26-51-36)65-27(2)3/h12,14-18,22-23,26-30,32,38-39H,10-11,13,19-21,24-25H2,1-9H3,(H,53,57)(H,54,59)(H,60,61)/b14-12-/t28-,29-,30?,32-,38+,39+,46-,47-/m1/s1. The molecule has 2 aliphatic carbocycles. The Hall–Kier alpha value is -5.59. The average molecular weight is 953 g/mol. The Kier molecular flexibility index (Phi) is 13.4. The number of hydrogen-bond donors (Lipinski definition) is 3. The summed E-state index contributed by atoms with van der Waals surface area (Å²) in [5, 5.41) is 14.1. The molecule has 3 aromatic rings. The van der Waals surface area contributed by atoms with Gasteiger partial charge in [0.1, 0.15) is 29.1 Å². The van der Waals surface area contributed by atoms with Crippen LogP contribution in [0.2, 0.25) is 0 Å². The van der Waals surface area contributed by atoms with Gasteiger partial charge in [-0.1, -0.05) is 32.9 Å². The number of amides is 4. The van der Waals surface area contributed by atoms with Crippen molar-refractivity contribution in [2.75, 3.05) is 7.11 Å². The zero-order valence-electron chi connectivity index (χ0n) is 39.5. The smallest absolute Gasteiger partial charge is 0.408 e. The molecule has 67 heavy (non-hydrogen) atoms. The van der Waals surface area contributed by atoms with Crippen LogP contribution in [0.5, 0.6) is 17.4 Å². The van der Waals surface area contributed by atoms with Gasteiger partial charge in [-0.05, 0) is 133 Å². The number of hydrogen-bond acceptors (Lipinski definition) is 11. The highest BCUT2D eigenvalue weighted by atomic mass is 32.2. The molecule has 3 fully saturated rings. The summed E-state index contributed by atoms with van der Waals surface area (Å²) in [6.07, 6.45) is 4.75. The number of halogens is 2. The summed E-state index contributed by atoms with van der Waals surface area (Å²) in [7, 11) is -2.72. The molecule has 0 bridgehead atoms. The molecule has 4 heterocycles. The summed E-state index contributed by atoms with van der Waals surface area (Å²) in [5.74, 6) is -4.51. The summed E-state index contributed by atoms with van der Waals surface area (Å²) in [5.41, 5.74) is -4.03. The molecule has 19 heteroatoms. The van der Waals surface area contributed by atoms with Gasteiger partial charge in [0.05, 0.1) is 35.5 Å². The Labute approximate surface area is 390 Å². The van der Waals surface area contributed by atoms with Crippen LogP contribution in [0, 0.1) is 17.8 Å². The molecule has 2 aliphatic heterocycles. The van der Waals surface area contributed by atoms with Gasteiger partial charge in [0.15, 0.2) is 5.60 Å². The summed E-state index contributed by atoms with van der Waals surface area (Å²) < 4.78 is 81.5. The van der Waals surface area contributed by atoms with Crippen molar-refractivity contribution in [3.05, 3.63) is 54.7 Å². The molecule has 4 aliphatic rings. The maximum Gasteiger partial charge on any atom is 0.408 e. The van der Waals surface area contributed by atoms with Crippen LogP contribution in [-0.4, -0.2) is 110 Å². The second-order valence-electron chi connectivity index (χ2n) is 19.6. The summed E-state index contributed by atoms with van der Waals surface area (Å²) in [4.78, 5) is 67.8. The van der Waals surface area contributed by atoms with Gasteiger partial charge in [-0.15, -0.1) is 0 Å². The molecule has 364 valence electrons. The Morgan fingerprint density at radius 2 is 1.75 bits per heavy atom. The van der Waals surface area contributed by atoms with E-state index >= 15 is 13.6 Å². The van der Waals surface area contributed by atoms with Gasteiger partial charge < -0.3 is 24.6 Å². The first kappa shape index (κ1) is 49.3. The second-order valence-corrected chi connectivity index (χ2v) is 21.8. The van der Waals surface area contributed by atoms with E-state index in [-0.39, 0.29) is 53.1 Å². The van der Waals surface area contributed by atoms with Crippen LogP contribution in [0.25, 0.3) is 22.2 Å². The highest BCUT2D eigenvalue weighted by Gasteiger charge is 2.71. The van der Waals surface area contributed by atoms with Crippen LogP contribution in [-0.2, 0) is 24.4 Å². The number of carbonyl (C=O) groups excluding carboxylic acids is 3. The maximum atomic E-state index is 18.1. The Morgan fingerprint density at radius 3 is 2.36 bits per heavy atom. The van der Waals surface area contributed by atoms with Crippen LogP contribution in [0.3, 0.4) is 0 Å². The molecule has 8 atom stereocenters. The molecule has 2 saturated carbocycles. The molecule has 1 aromatic carbocycles. The summed E-state index contributed by atoms with van der Waals surface area (Å²) in [6.45, 7) is 13.2. The minimum atomic E-state index is -4.35. The SMILES string of the molecule is CCC(C)N(C(=O)O)[C@@H]1C(=O)N2[C@@H](C[C@@](C)(Oc3nc(-c4ccc(OC(C)C)cn4)cc4cc(OC)ccc34)C2(F)F)C(=O)N[C@]2(C(=O)NS(=O)(=O)C3(C)CC3)C[C@H]2/C=C\CC[C@@H](C)C[C@H]1C. The molecule has 4 amide bonds. The van der Waals surface area contributed by atoms with E-state index < -0.39 is 92.2 Å². The van der Waals surface area contributed by atoms with Gasteiger partial charge >= 0.3 is 12.1 Å². The lowest BCUT2D eigenvalue weighted by molar-refractivity contribution is -0.219. The molecule has 0 radical (unpaired) electrons. The van der Waals surface area contributed by atoms with E-state index in [0.717, 1.165) is 11.8 Å². The van der Waals surface area contributed by atoms with Gasteiger partial charge in [0.25, 0.3) is 11.8 Å². The number of methoxy groups -OCH3 is 1. The number of alkyl halides is 2. The number of aromatic nitrogens is 2. The Morgan fingerprint density at radius 1 is 1.04 bits per heavy atom. The normalized spacial score (nSPS) is 29.0. The summed E-state index contributed by atoms with van der Waals surface area (Å²) in [6, 6.07) is 0.968. The number of rotatable bonds is 12. The molecule has 0 spiro atoms. The fraction of sp³-hybridized carbons (Fsp3) is 0.583. The van der Waals surface area contributed by atoms with E-state index in [1.54, 1.807) is 63.2 Å². The van der Waals surface area contributed by atoms with Crippen LogP contribution in [0.1, 0.15) is 107 Å². The van der Waals surface area contributed by atoms with E-state index in [1.807, 2.05) is 26.8 Å². The minimum Gasteiger partial charge on any atom is -0.497 e. The lowest BCUT2D eigenvalue weighted by Crippen LogP contribution is -2.64. The molecule has 2 aromatic heterocycles. The summed E-state index contributed by atoms with van der Waals surface area (Å²) >= 11 is 0. The fourth-order valence-electron chi connectivity index (χ4n) is 9.41. The molecule has 16 nitrogen and oxygen atoms in total. The van der Waals surface area contributed by atoms with Gasteiger partial charge in [-0.3, -0.25) is 33.9 Å². The number of allylic oxidation sites excluding steroid dienone is 1. The third kappa shape index (κ3) is 9.36. The number of fused-ring (bicyclic) bond motifs is 3.